The van der Waals surface area contributed by atoms with Crippen LogP contribution in [0.1, 0.15) is 50.6 Å². The third-order valence-electron chi connectivity index (χ3n) is 4.08. The second-order valence-corrected chi connectivity index (χ2v) is 5.73. The van der Waals surface area contributed by atoms with Gasteiger partial charge in [-0.3, -0.25) is 15.0 Å². The quantitative estimate of drug-likeness (QED) is 0.380. The molecule has 0 spiro atoms. The number of nitrogens with one attached hydrogen (secondary N) is 2. The van der Waals surface area contributed by atoms with Crippen molar-refractivity contribution in [2.45, 2.75) is 26.2 Å². The number of carbonyl (C=O) groups excluding carboxylic acids is 2. The molecule has 0 fully saturated rings. The van der Waals surface area contributed by atoms with E-state index in [0.29, 0.717) is 35.4 Å². The summed E-state index contributed by atoms with van der Waals surface area (Å²) < 4.78 is 5.61. The third kappa shape index (κ3) is 3.24. The first-order valence-corrected chi connectivity index (χ1v) is 7.80. The second kappa shape index (κ2) is 6.78. The van der Waals surface area contributed by atoms with E-state index in [0.717, 1.165) is 12.0 Å². The summed E-state index contributed by atoms with van der Waals surface area (Å²) in [6.45, 7) is 1.76. The maximum Gasteiger partial charge on any atom is 0.301 e. The van der Waals surface area contributed by atoms with Crippen molar-refractivity contribution in [3.63, 3.8) is 0 Å². The van der Waals surface area contributed by atoms with Crippen molar-refractivity contribution in [2.24, 2.45) is 10.9 Å². The Balaban J connectivity index is 1.86. The highest BCUT2D eigenvalue weighted by molar-refractivity contribution is 6.07. The number of aromatic hydroxyl groups is 1. The van der Waals surface area contributed by atoms with Gasteiger partial charge in [0.15, 0.2) is 5.76 Å². The molecule has 2 amide bonds. The number of hydrazone groups is 1. The van der Waals surface area contributed by atoms with Crippen molar-refractivity contribution in [1.82, 2.24) is 10.9 Å². The molecule has 0 aliphatic heterocycles. The summed E-state index contributed by atoms with van der Waals surface area (Å²) in [6.07, 6.45) is 2.16. The summed E-state index contributed by atoms with van der Waals surface area (Å²) in [5, 5.41) is 13.5. The van der Waals surface area contributed by atoms with E-state index < -0.39 is 5.91 Å². The van der Waals surface area contributed by atoms with Crippen LogP contribution >= 0.6 is 0 Å². The number of nitrogen functional groups attached to an aromatic ring is 1. The van der Waals surface area contributed by atoms with Crippen LogP contribution < -0.4 is 16.7 Å². The van der Waals surface area contributed by atoms with Crippen LogP contribution in [0.25, 0.3) is 0 Å². The number of furan rings is 1. The van der Waals surface area contributed by atoms with Crippen LogP contribution in [0.3, 0.4) is 0 Å². The Kier molecular flexibility index (Phi) is 4.53. The zero-order chi connectivity index (χ0) is 18.0. The fourth-order valence-electron chi connectivity index (χ4n) is 2.86. The number of carbonyl (C=O) groups is 2. The normalized spacial score (nSPS) is 14.9. The number of aryl methyl sites for hydroxylation is 1. The molecule has 1 aliphatic rings. The smallest absolute Gasteiger partial charge is 0.301 e. The van der Waals surface area contributed by atoms with Crippen LogP contribution in [0, 0.1) is 6.92 Å². The van der Waals surface area contributed by atoms with E-state index in [-0.39, 0.29) is 17.4 Å². The average molecular weight is 342 g/mol. The maximum atomic E-state index is 12.2. The van der Waals surface area contributed by atoms with Gasteiger partial charge in [-0.1, -0.05) is 0 Å². The van der Waals surface area contributed by atoms with Gasteiger partial charge in [-0.05, 0) is 44.0 Å². The number of hydrazine groups is 1. The molecule has 1 aromatic carbocycles. The van der Waals surface area contributed by atoms with Gasteiger partial charge < -0.3 is 9.52 Å². The Hall–Kier alpha value is -3.13. The molecule has 8 heteroatoms. The van der Waals surface area contributed by atoms with Crippen molar-refractivity contribution in [1.29, 1.82) is 0 Å². The first-order chi connectivity index (χ1) is 12.0. The van der Waals surface area contributed by atoms with Crippen molar-refractivity contribution in [3.05, 3.63) is 52.5 Å². The predicted molar refractivity (Wildman–Crippen MR) is 90.1 cm³/mol. The molecular formula is C17H18N4O4. The van der Waals surface area contributed by atoms with Crippen LogP contribution in [0.4, 0.5) is 0 Å². The van der Waals surface area contributed by atoms with Crippen LogP contribution in [0.15, 0.2) is 33.8 Å². The molecule has 2 aromatic rings. The molecule has 1 heterocycles. The number of phenols is 1. The van der Waals surface area contributed by atoms with Crippen LogP contribution in [0.5, 0.6) is 5.75 Å². The molecular weight excluding hydrogens is 324 g/mol. The Morgan fingerprint density at radius 1 is 1.20 bits per heavy atom. The minimum absolute atomic E-state index is 0.0829. The largest absolute Gasteiger partial charge is 0.508 e. The maximum absolute atomic E-state index is 12.2. The van der Waals surface area contributed by atoms with Crippen LogP contribution in [-0.2, 0) is 6.42 Å². The van der Waals surface area contributed by atoms with Crippen molar-refractivity contribution in [3.8, 4) is 5.75 Å². The van der Waals surface area contributed by atoms with Gasteiger partial charge in [-0.15, -0.1) is 0 Å². The number of benzene rings is 1. The lowest BCUT2D eigenvalue weighted by Gasteiger charge is -2.13. The Morgan fingerprint density at radius 3 is 2.60 bits per heavy atom. The first-order valence-electron chi connectivity index (χ1n) is 7.80. The van der Waals surface area contributed by atoms with Gasteiger partial charge in [0.1, 0.15) is 11.5 Å². The number of nitrogens with two attached hydrogens (primary N) is 1. The summed E-state index contributed by atoms with van der Waals surface area (Å²) in [4.78, 5) is 23.9. The summed E-state index contributed by atoms with van der Waals surface area (Å²) in [7, 11) is 0. The lowest BCUT2D eigenvalue weighted by Crippen LogP contribution is -2.30. The number of fused-ring (bicyclic) bond motifs is 1. The molecule has 0 unspecified atom stereocenters. The Labute approximate surface area is 143 Å². The molecule has 0 atom stereocenters. The van der Waals surface area contributed by atoms with Gasteiger partial charge >= 0.3 is 5.91 Å². The molecule has 0 radical (unpaired) electrons. The molecule has 3 rings (SSSR count). The summed E-state index contributed by atoms with van der Waals surface area (Å²) >= 11 is 0. The van der Waals surface area contributed by atoms with E-state index in [1.807, 2.05) is 0 Å². The van der Waals surface area contributed by atoms with E-state index in [1.165, 1.54) is 24.3 Å². The summed E-state index contributed by atoms with van der Waals surface area (Å²) in [6, 6.07) is 5.87. The van der Waals surface area contributed by atoms with Gasteiger partial charge in [0.25, 0.3) is 5.91 Å². The summed E-state index contributed by atoms with van der Waals surface area (Å²) in [5.74, 6) is 5.19. The zero-order valence-electron chi connectivity index (χ0n) is 13.6. The molecule has 0 saturated heterocycles. The Bertz CT molecular complexity index is 852. The van der Waals surface area contributed by atoms with E-state index in [9.17, 15) is 14.7 Å². The van der Waals surface area contributed by atoms with Gasteiger partial charge in [0.05, 0.1) is 5.71 Å². The molecule has 5 N–H and O–H groups in total. The zero-order valence-corrected chi connectivity index (χ0v) is 13.6. The van der Waals surface area contributed by atoms with Crippen molar-refractivity contribution < 1.29 is 19.1 Å². The molecule has 1 aliphatic carbocycles. The molecule has 0 bridgehead atoms. The number of nitrogens with zero attached hydrogens (tertiary/aromatic N) is 1. The Morgan fingerprint density at radius 2 is 1.92 bits per heavy atom. The fraction of sp³-hybridized carbons (Fsp3) is 0.235. The van der Waals surface area contributed by atoms with Gasteiger partial charge in [-0.25, -0.2) is 11.3 Å². The van der Waals surface area contributed by atoms with E-state index in [1.54, 1.807) is 6.92 Å². The molecule has 0 saturated carbocycles. The van der Waals surface area contributed by atoms with Crippen molar-refractivity contribution in [2.75, 3.05) is 0 Å². The fourth-order valence-corrected chi connectivity index (χ4v) is 2.86. The highest BCUT2D eigenvalue weighted by atomic mass is 16.4. The highest BCUT2D eigenvalue weighted by Gasteiger charge is 2.27. The number of rotatable bonds is 3. The number of hydrogen-bond donors (Lipinski definition) is 4. The number of phenolic OH excluding ortho intramolecular Hbond substituents is 1. The highest BCUT2D eigenvalue weighted by Crippen LogP contribution is 2.29. The monoisotopic (exact) mass is 342 g/mol. The molecule has 130 valence electrons. The van der Waals surface area contributed by atoms with Crippen LogP contribution in [-0.4, -0.2) is 22.6 Å². The van der Waals surface area contributed by atoms with Crippen LogP contribution in [0.2, 0.25) is 0 Å². The molecule has 25 heavy (non-hydrogen) atoms. The first kappa shape index (κ1) is 16.7. The van der Waals surface area contributed by atoms with E-state index in [4.69, 9.17) is 10.3 Å². The standard InChI is InChI=1S/C17H18N4O4/c1-9-14-12(3-2-4-13(14)25-15(9)17(24)19-18)20-21-16(23)10-5-7-11(22)8-6-10/h5-8,22H,2-4,18H2,1H3,(H,19,24)(H,21,23)/b20-12+. The minimum atomic E-state index is -0.501. The minimum Gasteiger partial charge on any atom is -0.508 e. The lowest BCUT2D eigenvalue weighted by atomic mass is 9.93. The van der Waals surface area contributed by atoms with Crippen molar-refractivity contribution >= 4 is 17.5 Å². The predicted octanol–water partition coefficient (Wildman–Crippen LogP) is 1.37. The van der Waals surface area contributed by atoms with Gasteiger partial charge in [-0.2, -0.15) is 5.10 Å². The lowest BCUT2D eigenvalue weighted by molar-refractivity contribution is 0.0921. The molecule has 8 nitrogen and oxygen atoms in total. The van der Waals surface area contributed by atoms with E-state index in [2.05, 4.69) is 16.0 Å². The summed E-state index contributed by atoms with van der Waals surface area (Å²) in [5.41, 5.74) is 7.00. The second-order valence-electron chi connectivity index (χ2n) is 5.73. The van der Waals surface area contributed by atoms with Gasteiger partial charge in [0, 0.05) is 23.1 Å². The third-order valence-corrected chi connectivity index (χ3v) is 4.08. The molecule has 1 aromatic heterocycles. The SMILES string of the molecule is Cc1c(C(=O)NN)oc2c1/C(=N/NC(=O)c1ccc(O)cc1)CCC2. The van der Waals surface area contributed by atoms with E-state index >= 15 is 0 Å². The topological polar surface area (TPSA) is 130 Å². The number of hydrogen-bond acceptors (Lipinski definition) is 6. The number of amides is 2. The average Bonchev–Trinajstić information content (AvgIpc) is 2.97. The van der Waals surface area contributed by atoms with Gasteiger partial charge in [0.2, 0.25) is 0 Å².